The van der Waals surface area contributed by atoms with Crippen molar-refractivity contribution >= 4 is 23.2 Å². The fourth-order valence-electron chi connectivity index (χ4n) is 2.46. The lowest BCUT2D eigenvalue weighted by atomic mass is 9.92. The van der Waals surface area contributed by atoms with Crippen LogP contribution in [-0.2, 0) is 0 Å². The van der Waals surface area contributed by atoms with Gasteiger partial charge in [-0.3, -0.25) is 0 Å². The van der Waals surface area contributed by atoms with Crippen molar-refractivity contribution in [3.63, 3.8) is 0 Å². The number of piperidine rings is 1. The molecule has 2 N–H and O–H groups in total. The van der Waals surface area contributed by atoms with Gasteiger partial charge >= 0.3 is 0 Å². The van der Waals surface area contributed by atoms with Gasteiger partial charge < -0.3 is 10.6 Å². The molecule has 2 unspecified atom stereocenters. The Morgan fingerprint density at radius 1 is 1.41 bits per heavy atom. The molecule has 2 heterocycles. The van der Waals surface area contributed by atoms with Crippen molar-refractivity contribution in [3.05, 3.63) is 18.0 Å². The fraction of sp³-hybridized carbons (Fsp3) is 0.583. The Morgan fingerprint density at radius 2 is 2.06 bits per heavy atom. The Kier molecular flexibility index (Phi) is 3.57. The van der Waals surface area contributed by atoms with Crippen molar-refractivity contribution in [3.8, 4) is 0 Å². The third kappa shape index (κ3) is 2.91. The Morgan fingerprint density at radius 3 is 2.65 bits per heavy atom. The van der Waals surface area contributed by atoms with Gasteiger partial charge in [-0.1, -0.05) is 26.1 Å². The molecule has 1 aromatic heterocycles. The highest BCUT2D eigenvalue weighted by molar-refractivity contribution is 7.80. The summed E-state index contributed by atoms with van der Waals surface area (Å²) in [7, 11) is 0. The van der Waals surface area contributed by atoms with E-state index in [1.807, 2.05) is 0 Å². The molecular weight excluding hydrogens is 232 g/mol. The van der Waals surface area contributed by atoms with Crippen molar-refractivity contribution in [2.75, 3.05) is 18.0 Å². The molecule has 0 spiro atoms. The van der Waals surface area contributed by atoms with Crippen LogP contribution in [0.2, 0.25) is 0 Å². The van der Waals surface area contributed by atoms with Crippen molar-refractivity contribution in [2.45, 2.75) is 20.3 Å². The lowest BCUT2D eigenvalue weighted by Crippen LogP contribution is -2.39. The quantitative estimate of drug-likeness (QED) is 0.808. The minimum atomic E-state index is 0.326. The van der Waals surface area contributed by atoms with E-state index in [2.05, 4.69) is 28.7 Å². The van der Waals surface area contributed by atoms with Gasteiger partial charge in [-0.15, -0.1) is 0 Å². The van der Waals surface area contributed by atoms with Gasteiger partial charge in [-0.25, -0.2) is 9.97 Å². The third-order valence-corrected chi connectivity index (χ3v) is 3.26. The van der Waals surface area contributed by atoms with Crippen molar-refractivity contribution in [1.82, 2.24) is 9.97 Å². The first-order valence-electron chi connectivity index (χ1n) is 5.94. The number of anilines is 1. The van der Waals surface area contributed by atoms with Gasteiger partial charge in [0.15, 0.2) is 0 Å². The van der Waals surface area contributed by atoms with Gasteiger partial charge in [0.05, 0.1) is 0 Å². The highest BCUT2D eigenvalue weighted by Gasteiger charge is 2.23. The van der Waals surface area contributed by atoms with Crippen LogP contribution in [0, 0.1) is 11.8 Å². The summed E-state index contributed by atoms with van der Waals surface area (Å²) in [5.74, 6) is 2.10. The number of aromatic nitrogens is 2. The first-order chi connectivity index (χ1) is 8.06. The number of nitrogens with two attached hydrogens (primary N) is 1. The molecule has 5 heteroatoms. The topological polar surface area (TPSA) is 55.0 Å². The largest absolute Gasteiger partial charge is 0.388 e. The van der Waals surface area contributed by atoms with E-state index in [9.17, 15) is 0 Å². The monoisotopic (exact) mass is 250 g/mol. The van der Waals surface area contributed by atoms with Crippen LogP contribution in [0.25, 0.3) is 0 Å². The van der Waals surface area contributed by atoms with Gasteiger partial charge in [-0.05, 0) is 24.3 Å². The first-order valence-corrected chi connectivity index (χ1v) is 6.35. The summed E-state index contributed by atoms with van der Waals surface area (Å²) in [6.45, 7) is 6.54. The van der Waals surface area contributed by atoms with Gasteiger partial charge in [0, 0.05) is 19.3 Å². The average molecular weight is 250 g/mol. The molecule has 17 heavy (non-hydrogen) atoms. The lowest BCUT2D eigenvalue weighted by molar-refractivity contribution is 0.353. The van der Waals surface area contributed by atoms with E-state index in [1.54, 1.807) is 12.3 Å². The molecule has 0 aromatic carbocycles. The van der Waals surface area contributed by atoms with Crippen LogP contribution in [0.4, 0.5) is 5.95 Å². The summed E-state index contributed by atoms with van der Waals surface area (Å²) in [6, 6.07) is 1.75. The molecule has 0 aliphatic carbocycles. The minimum absolute atomic E-state index is 0.326. The van der Waals surface area contributed by atoms with Crippen LogP contribution in [0.3, 0.4) is 0 Å². The zero-order valence-electron chi connectivity index (χ0n) is 10.3. The molecule has 1 aliphatic rings. The van der Waals surface area contributed by atoms with Crippen LogP contribution >= 0.6 is 12.2 Å². The Labute approximate surface area is 107 Å². The smallest absolute Gasteiger partial charge is 0.225 e. The maximum Gasteiger partial charge on any atom is 0.225 e. The zero-order chi connectivity index (χ0) is 12.4. The second kappa shape index (κ2) is 4.96. The van der Waals surface area contributed by atoms with Crippen molar-refractivity contribution in [1.29, 1.82) is 0 Å². The molecule has 1 aromatic rings. The van der Waals surface area contributed by atoms with E-state index in [0.29, 0.717) is 22.5 Å². The Bertz CT molecular complexity index is 411. The summed E-state index contributed by atoms with van der Waals surface area (Å²) >= 11 is 4.94. The SMILES string of the molecule is CC1CC(C)CN(c2nccc(C(N)=S)n2)C1. The number of rotatable bonds is 2. The van der Waals surface area contributed by atoms with Gasteiger partial charge in [0.25, 0.3) is 0 Å². The second-order valence-corrected chi connectivity index (χ2v) is 5.40. The van der Waals surface area contributed by atoms with Crippen LogP contribution in [0.15, 0.2) is 12.3 Å². The van der Waals surface area contributed by atoms with Gasteiger partial charge in [0.2, 0.25) is 5.95 Å². The maximum absolute atomic E-state index is 5.59. The normalized spacial score (nSPS) is 24.7. The van der Waals surface area contributed by atoms with Crippen molar-refractivity contribution in [2.24, 2.45) is 17.6 Å². The van der Waals surface area contributed by atoms with Crippen LogP contribution in [0.1, 0.15) is 26.0 Å². The molecule has 4 nitrogen and oxygen atoms in total. The molecule has 0 amide bonds. The first kappa shape index (κ1) is 12.2. The molecule has 1 saturated heterocycles. The Balaban J connectivity index is 2.21. The molecule has 0 radical (unpaired) electrons. The zero-order valence-corrected chi connectivity index (χ0v) is 11.1. The van der Waals surface area contributed by atoms with Gasteiger partial charge in [0.1, 0.15) is 10.7 Å². The number of thiocarbonyl (C=S) groups is 1. The summed E-state index contributed by atoms with van der Waals surface area (Å²) in [5.41, 5.74) is 6.24. The number of nitrogens with zero attached hydrogens (tertiary/aromatic N) is 3. The fourth-order valence-corrected chi connectivity index (χ4v) is 2.58. The number of hydrogen-bond acceptors (Lipinski definition) is 4. The molecule has 1 fully saturated rings. The number of hydrogen-bond donors (Lipinski definition) is 1. The second-order valence-electron chi connectivity index (χ2n) is 4.96. The summed E-state index contributed by atoms with van der Waals surface area (Å²) in [5, 5.41) is 0. The van der Waals surface area contributed by atoms with Crippen LogP contribution in [-0.4, -0.2) is 28.0 Å². The van der Waals surface area contributed by atoms with Crippen molar-refractivity contribution < 1.29 is 0 Å². The molecule has 2 atom stereocenters. The van der Waals surface area contributed by atoms with E-state index < -0.39 is 0 Å². The molecule has 2 rings (SSSR count). The van der Waals surface area contributed by atoms with E-state index in [-0.39, 0.29) is 0 Å². The predicted molar refractivity (Wildman–Crippen MR) is 73.1 cm³/mol. The summed E-state index contributed by atoms with van der Waals surface area (Å²) in [4.78, 5) is 11.3. The summed E-state index contributed by atoms with van der Waals surface area (Å²) < 4.78 is 0. The van der Waals surface area contributed by atoms with E-state index in [4.69, 9.17) is 18.0 Å². The molecular formula is C12H18N4S. The Hall–Kier alpha value is -1.23. The average Bonchev–Trinajstić information content (AvgIpc) is 2.28. The molecule has 1 aliphatic heterocycles. The van der Waals surface area contributed by atoms with E-state index in [1.165, 1.54) is 6.42 Å². The third-order valence-electron chi connectivity index (χ3n) is 3.05. The van der Waals surface area contributed by atoms with Crippen LogP contribution in [0.5, 0.6) is 0 Å². The van der Waals surface area contributed by atoms with Crippen LogP contribution < -0.4 is 10.6 Å². The standard InChI is InChI=1S/C12H18N4S/c1-8-5-9(2)7-16(6-8)12-14-4-3-10(15-12)11(13)17/h3-4,8-9H,5-7H2,1-2H3,(H2,13,17). The molecule has 0 bridgehead atoms. The van der Waals surface area contributed by atoms with E-state index >= 15 is 0 Å². The highest BCUT2D eigenvalue weighted by Crippen LogP contribution is 2.23. The molecule has 92 valence electrons. The summed E-state index contributed by atoms with van der Waals surface area (Å²) in [6.07, 6.45) is 2.99. The predicted octanol–water partition coefficient (Wildman–Crippen LogP) is 1.59. The molecule has 0 saturated carbocycles. The van der Waals surface area contributed by atoms with Gasteiger partial charge in [-0.2, -0.15) is 0 Å². The highest BCUT2D eigenvalue weighted by atomic mass is 32.1. The van der Waals surface area contributed by atoms with E-state index in [0.717, 1.165) is 19.0 Å². The minimum Gasteiger partial charge on any atom is -0.388 e. The maximum atomic E-state index is 5.59. The lowest BCUT2D eigenvalue weighted by Gasteiger charge is -2.35.